The Balaban J connectivity index is 0.00000372. The topological polar surface area (TPSA) is 216 Å². The fraction of sp³-hybridized carbons (Fsp3) is 0.378. The van der Waals surface area contributed by atoms with Gasteiger partial charge < -0.3 is 56.4 Å². The summed E-state index contributed by atoms with van der Waals surface area (Å²) in [5.41, 5.74) is 7.69. The molecule has 0 saturated heterocycles. The first-order chi connectivity index (χ1) is 26.0. The molecule has 3 aromatic carbocycles. The number of nitrogens with zero attached hydrogens (tertiary/aromatic N) is 3. The van der Waals surface area contributed by atoms with Crippen LogP contribution in [0.2, 0.25) is 0 Å². The van der Waals surface area contributed by atoms with Gasteiger partial charge in [0.25, 0.3) is 11.8 Å². The largest absolute Gasteiger partial charge is 0.508 e. The molecule has 0 aliphatic carbocycles. The van der Waals surface area contributed by atoms with E-state index >= 15 is 0 Å². The Labute approximate surface area is 310 Å². The van der Waals surface area contributed by atoms with Crippen LogP contribution in [0.4, 0.5) is 29.2 Å². The Morgan fingerprint density at radius 3 is 1.66 bits per heavy atom. The van der Waals surface area contributed by atoms with Crippen molar-refractivity contribution >= 4 is 41.0 Å². The molecule has 4 aromatic rings. The fourth-order valence-corrected chi connectivity index (χ4v) is 4.34. The van der Waals surface area contributed by atoms with Crippen molar-refractivity contribution in [3.8, 4) is 5.75 Å². The number of nitrogens with one attached hydrogen (secondary N) is 5. The van der Waals surface area contributed by atoms with Gasteiger partial charge in [-0.2, -0.15) is 15.0 Å². The van der Waals surface area contributed by atoms with Gasteiger partial charge in [-0.3, -0.25) is 9.59 Å². The first kappa shape index (κ1) is 42.0. The molecule has 53 heavy (non-hydrogen) atoms. The maximum absolute atomic E-state index is 12.5. The number of phenolic OH excluding ortho intramolecular Hbond substituents is 1. The van der Waals surface area contributed by atoms with Crippen molar-refractivity contribution in [2.45, 2.75) is 13.8 Å². The van der Waals surface area contributed by atoms with Gasteiger partial charge in [0.2, 0.25) is 17.8 Å². The van der Waals surface area contributed by atoms with Crippen LogP contribution in [-0.2, 0) is 18.9 Å². The Hall–Kier alpha value is -5.39. The molecule has 0 radical (unpaired) electrons. The average Bonchev–Trinajstić information content (AvgIpc) is 3.18. The molecule has 8 N–H and O–H groups in total. The van der Waals surface area contributed by atoms with Crippen molar-refractivity contribution in [1.82, 2.24) is 25.6 Å². The summed E-state index contributed by atoms with van der Waals surface area (Å²) in [4.78, 5) is 38.0. The lowest BCUT2D eigenvalue weighted by Crippen LogP contribution is -2.27. The summed E-state index contributed by atoms with van der Waals surface area (Å²) in [5, 5.41) is 24.9. The summed E-state index contributed by atoms with van der Waals surface area (Å²) in [6.07, 6.45) is 0. The molecule has 286 valence electrons. The molecule has 16 heteroatoms. The van der Waals surface area contributed by atoms with E-state index in [4.69, 9.17) is 24.7 Å². The molecule has 0 aliphatic rings. The fourth-order valence-electron chi connectivity index (χ4n) is 4.34. The Kier molecular flexibility index (Phi) is 20.3. The highest BCUT2D eigenvalue weighted by molar-refractivity contribution is 5.94. The van der Waals surface area contributed by atoms with Gasteiger partial charge in [-0.1, -0.05) is 38.1 Å². The summed E-state index contributed by atoms with van der Waals surface area (Å²) >= 11 is 0. The Morgan fingerprint density at radius 1 is 0.585 bits per heavy atom. The van der Waals surface area contributed by atoms with Gasteiger partial charge in [-0.05, 0) is 48.5 Å². The van der Waals surface area contributed by atoms with Gasteiger partial charge in [0.05, 0.1) is 52.9 Å². The maximum atomic E-state index is 12.5. The first-order valence-electron chi connectivity index (χ1n) is 17.6. The summed E-state index contributed by atoms with van der Waals surface area (Å²) in [7, 11) is 0. The number of hydrogen-bond donors (Lipinski definition) is 7. The predicted octanol–water partition coefficient (Wildman–Crippen LogP) is 3.69. The lowest BCUT2D eigenvalue weighted by atomic mass is 10.2. The van der Waals surface area contributed by atoms with Gasteiger partial charge in [-0.25, -0.2) is 0 Å². The second kappa shape index (κ2) is 25.5. The third-order valence-corrected chi connectivity index (χ3v) is 6.78. The molecular formula is C37H51N9O7. The quantitative estimate of drug-likeness (QED) is 0.0512. The van der Waals surface area contributed by atoms with Crippen LogP contribution in [0.25, 0.3) is 0 Å². The number of benzene rings is 3. The number of nitrogens with two attached hydrogens (primary N) is 1. The van der Waals surface area contributed by atoms with E-state index in [0.717, 1.165) is 0 Å². The van der Waals surface area contributed by atoms with E-state index in [0.29, 0.717) is 102 Å². The smallest absolute Gasteiger partial charge is 0.251 e. The van der Waals surface area contributed by atoms with Gasteiger partial charge in [0.1, 0.15) is 5.75 Å². The number of aromatic hydroxyl groups is 1. The van der Waals surface area contributed by atoms with Crippen molar-refractivity contribution in [3.05, 3.63) is 90.0 Å². The van der Waals surface area contributed by atoms with E-state index in [2.05, 4.69) is 41.5 Å². The SMILES string of the molecule is CC.NCCOCCOCCNC(=O)c1ccc(Nc2nc(NCCOCCOCCNC(=O)c3ccccc3)nc(Nc3cccc(O)c3)n2)cc1. The standard InChI is InChI=1S/C35H45N9O7.C2H6/c36-13-17-48-21-22-49-19-15-38-32(47)27-9-11-28(12-10-27)40-34-42-33(43-35(44-34)41-29-7-4-8-30(45)25-29)39-16-20-51-24-23-50-18-14-37-31(46)26-5-2-1-3-6-26;1-2/h1-12,25,45H,13-24,36H2,(H,37,46)(H,38,47)(H3,39,40,41,42,43,44);1-2H3. The number of anilines is 5. The Morgan fingerprint density at radius 2 is 1.09 bits per heavy atom. The summed E-state index contributed by atoms with van der Waals surface area (Å²) < 4.78 is 21.9. The highest BCUT2D eigenvalue weighted by Crippen LogP contribution is 2.21. The van der Waals surface area contributed by atoms with Crippen LogP contribution in [0, 0.1) is 0 Å². The number of amides is 2. The van der Waals surface area contributed by atoms with Crippen LogP contribution in [0.5, 0.6) is 5.75 Å². The minimum atomic E-state index is -0.227. The monoisotopic (exact) mass is 733 g/mol. The molecule has 2 amide bonds. The summed E-state index contributed by atoms with van der Waals surface area (Å²) in [6.45, 7) is 8.84. The van der Waals surface area contributed by atoms with Crippen LogP contribution in [0.15, 0.2) is 78.9 Å². The second-order valence-corrected chi connectivity index (χ2v) is 10.7. The lowest BCUT2D eigenvalue weighted by Gasteiger charge is -2.12. The zero-order valence-electron chi connectivity index (χ0n) is 30.3. The van der Waals surface area contributed by atoms with Crippen molar-refractivity contribution in [1.29, 1.82) is 0 Å². The van der Waals surface area contributed by atoms with Crippen LogP contribution < -0.4 is 32.3 Å². The summed E-state index contributed by atoms with van der Waals surface area (Å²) in [6, 6.07) is 22.4. The van der Waals surface area contributed by atoms with Crippen LogP contribution >= 0.6 is 0 Å². The molecule has 0 fully saturated rings. The molecule has 1 aromatic heterocycles. The van der Waals surface area contributed by atoms with Crippen LogP contribution in [0.1, 0.15) is 34.6 Å². The van der Waals surface area contributed by atoms with E-state index in [-0.39, 0.29) is 35.4 Å². The third kappa shape index (κ3) is 17.1. The van der Waals surface area contributed by atoms with E-state index in [1.807, 2.05) is 32.0 Å². The van der Waals surface area contributed by atoms with E-state index in [1.165, 1.54) is 0 Å². The number of aromatic nitrogens is 3. The van der Waals surface area contributed by atoms with Crippen molar-refractivity contribution < 1.29 is 33.6 Å². The zero-order chi connectivity index (χ0) is 37.9. The Bertz CT molecular complexity index is 1620. The van der Waals surface area contributed by atoms with Crippen LogP contribution in [-0.4, -0.2) is 111 Å². The number of carbonyl (C=O) groups excluding carboxylic acids is 2. The minimum Gasteiger partial charge on any atom is -0.508 e. The van der Waals surface area contributed by atoms with Gasteiger partial charge in [0.15, 0.2) is 0 Å². The molecule has 0 saturated carbocycles. The normalized spacial score (nSPS) is 10.5. The number of rotatable bonds is 24. The number of ether oxygens (including phenoxy) is 4. The molecule has 1 heterocycles. The van der Waals surface area contributed by atoms with E-state index in [9.17, 15) is 14.7 Å². The van der Waals surface area contributed by atoms with Crippen molar-refractivity contribution in [2.24, 2.45) is 5.73 Å². The highest BCUT2D eigenvalue weighted by atomic mass is 16.5. The predicted molar refractivity (Wildman–Crippen MR) is 204 cm³/mol. The lowest BCUT2D eigenvalue weighted by molar-refractivity contribution is 0.0511. The molecule has 0 spiro atoms. The number of carbonyl (C=O) groups is 2. The van der Waals surface area contributed by atoms with Gasteiger partial charge in [-0.15, -0.1) is 0 Å². The third-order valence-electron chi connectivity index (χ3n) is 6.78. The van der Waals surface area contributed by atoms with E-state index < -0.39 is 0 Å². The second-order valence-electron chi connectivity index (χ2n) is 10.7. The molecule has 0 bridgehead atoms. The minimum absolute atomic E-state index is 0.0911. The zero-order valence-corrected chi connectivity index (χ0v) is 30.3. The molecule has 16 nitrogen and oxygen atoms in total. The average molecular weight is 734 g/mol. The highest BCUT2D eigenvalue weighted by Gasteiger charge is 2.10. The molecule has 0 atom stereocenters. The molecule has 0 unspecified atom stereocenters. The molecular weight excluding hydrogens is 682 g/mol. The van der Waals surface area contributed by atoms with Crippen molar-refractivity contribution in [2.75, 3.05) is 95.0 Å². The van der Waals surface area contributed by atoms with Gasteiger partial charge in [0, 0.05) is 54.7 Å². The van der Waals surface area contributed by atoms with Gasteiger partial charge >= 0.3 is 0 Å². The van der Waals surface area contributed by atoms with Crippen molar-refractivity contribution in [3.63, 3.8) is 0 Å². The molecule has 4 rings (SSSR count). The maximum Gasteiger partial charge on any atom is 0.251 e. The molecule has 0 aliphatic heterocycles. The number of phenols is 1. The summed E-state index contributed by atoms with van der Waals surface area (Å²) in [5.74, 6) is 0.486. The van der Waals surface area contributed by atoms with E-state index in [1.54, 1.807) is 60.7 Å². The van der Waals surface area contributed by atoms with Crippen LogP contribution in [0.3, 0.4) is 0 Å². The number of hydrogen-bond acceptors (Lipinski definition) is 14. The first-order valence-corrected chi connectivity index (χ1v) is 17.6.